The molecule has 0 radical (unpaired) electrons. The maximum Gasteiger partial charge on any atom is 0.410 e. The Balaban J connectivity index is 1.48. The van der Waals surface area contributed by atoms with Crippen molar-refractivity contribution in [1.29, 1.82) is 5.26 Å². The lowest BCUT2D eigenvalue weighted by atomic mass is 10.0. The SMILES string of the molecule is CC(C)(C)OC(=O)N1CCC(Oc2ccc(-c3c[nH]c4c(C#N)cccc34)cc2F)C1. The van der Waals surface area contributed by atoms with E-state index in [9.17, 15) is 14.4 Å². The van der Waals surface area contributed by atoms with E-state index in [0.717, 1.165) is 16.5 Å². The second-order valence-electron chi connectivity index (χ2n) is 8.64. The Labute approximate surface area is 180 Å². The van der Waals surface area contributed by atoms with Gasteiger partial charge in [-0.15, -0.1) is 0 Å². The molecule has 2 heterocycles. The minimum Gasteiger partial charge on any atom is -0.485 e. The highest BCUT2D eigenvalue weighted by atomic mass is 19.1. The Morgan fingerprint density at radius 2 is 2.10 bits per heavy atom. The number of aromatic amines is 1. The normalized spacial score (nSPS) is 16.4. The lowest BCUT2D eigenvalue weighted by Crippen LogP contribution is -2.36. The molecule has 7 heteroatoms. The second kappa shape index (κ2) is 7.95. The highest BCUT2D eigenvalue weighted by Crippen LogP contribution is 2.33. The summed E-state index contributed by atoms with van der Waals surface area (Å²) in [6, 6.07) is 12.4. The molecule has 0 spiro atoms. The molecule has 1 aromatic heterocycles. The van der Waals surface area contributed by atoms with Gasteiger partial charge in [0.1, 0.15) is 17.8 Å². The summed E-state index contributed by atoms with van der Waals surface area (Å²) in [7, 11) is 0. The number of H-pyrrole nitrogens is 1. The average Bonchev–Trinajstić information content (AvgIpc) is 3.35. The van der Waals surface area contributed by atoms with Gasteiger partial charge in [0, 0.05) is 30.1 Å². The van der Waals surface area contributed by atoms with Crippen LogP contribution in [-0.4, -0.2) is 40.8 Å². The first-order valence-electron chi connectivity index (χ1n) is 10.2. The number of hydrogen-bond donors (Lipinski definition) is 1. The zero-order valence-corrected chi connectivity index (χ0v) is 17.7. The Morgan fingerprint density at radius 3 is 2.81 bits per heavy atom. The second-order valence-corrected chi connectivity index (χ2v) is 8.64. The topological polar surface area (TPSA) is 78.3 Å². The molecule has 1 fully saturated rings. The molecule has 1 aliphatic rings. The van der Waals surface area contributed by atoms with Crippen LogP contribution in [0.15, 0.2) is 42.6 Å². The van der Waals surface area contributed by atoms with Crippen LogP contribution in [0.2, 0.25) is 0 Å². The van der Waals surface area contributed by atoms with Crippen LogP contribution in [-0.2, 0) is 4.74 Å². The molecule has 6 nitrogen and oxygen atoms in total. The molecular weight excluding hydrogens is 397 g/mol. The molecular formula is C24H24FN3O3. The zero-order chi connectivity index (χ0) is 22.2. The van der Waals surface area contributed by atoms with Crippen LogP contribution in [0, 0.1) is 17.1 Å². The van der Waals surface area contributed by atoms with E-state index in [1.165, 1.54) is 6.07 Å². The number of ether oxygens (including phenoxy) is 2. The van der Waals surface area contributed by atoms with E-state index >= 15 is 0 Å². The van der Waals surface area contributed by atoms with Crippen molar-refractivity contribution in [3.8, 4) is 22.9 Å². The molecule has 1 amide bonds. The first kappa shape index (κ1) is 20.7. The first-order valence-corrected chi connectivity index (χ1v) is 10.2. The molecule has 4 rings (SSSR count). The minimum atomic E-state index is -0.561. The van der Waals surface area contributed by atoms with Crippen LogP contribution in [0.3, 0.4) is 0 Å². The number of aromatic nitrogens is 1. The van der Waals surface area contributed by atoms with E-state index < -0.39 is 11.4 Å². The summed E-state index contributed by atoms with van der Waals surface area (Å²) < 4.78 is 26.1. The van der Waals surface area contributed by atoms with Crippen LogP contribution in [0.4, 0.5) is 9.18 Å². The predicted molar refractivity (Wildman–Crippen MR) is 115 cm³/mol. The molecule has 0 aliphatic carbocycles. The molecule has 1 atom stereocenters. The third kappa shape index (κ3) is 4.33. The van der Waals surface area contributed by atoms with Crippen LogP contribution in [0.25, 0.3) is 22.0 Å². The quantitative estimate of drug-likeness (QED) is 0.628. The van der Waals surface area contributed by atoms with Crippen LogP contribution >= 0.6 is 0 Å². The molecule has 3 aromatic rings. The molecule has 1 unspecified atom stereocenters. The highest BCUT2D eigenvalue weighted by Gasteiger charge is 2.31. The van der Waals surface area contributed by atoms with Gasteiger partial charge in [-0.3, -0.25) is 0 Å². The third-order valence-electron chi connectivity index (χ3n) is 5.17. The van der Waals surface area contributed by atoms with Gasteiger partial charge in [-0.1, -0.05) is 18.2 Å². The lowest BCUT2D eigenvalue weighted by Gasteiger charge is -2.24. The number of nitrogens with one attached hydrogen (secondary N) is 1. The van der Waals surface area contributed by atoms with Crippen molar-refractivity contribution >= 4 is 17.0 Å². The standard InChI is InChI=1S/C24H24FN3O3/c1-24(2,3)31-23(29)28-10-9-17(14-28)30-21-8-7-15(11-20(21)25)19-13-27-22-16(12-26)5-4-6-18(19)22/h4-8,11,13,17,27H,9-10,14H2,1-3H3. The smallest absolute Gasteiger partial charge is 0.410 e. The number of nitriles is 1. The maximum atomic E-state index is 14.8. The van der Waals surface area contributed by atoms with Gasteiger partial charge in [-0.25, -0.2) is 9.18 Å². The highest BCUT2D eigenvalue weighted by molar-refractivity contribution is 5.98. The number of carbonyl (C=O) groups is 1. The zero-order valence-electron chi connectivity index (χ0n) is 17.7. The van der Waals surface area contributed by atoms with Gasteiger partial charge in [-0.05, 0) is 44.5 Å². The van der Waals surface area contributed by atoms with Crippen LogP contribution in [0.5, 0.6) is 5.75 Å². The third-order valence-corrected chi connectivity index (χ3v) is 5.17. The van der Waals surface area contributed by atoms with E-state index in [4.69, 9.17) is 9.47 Å². The van der Waals surface area contributed by atoms with E-state index in [1.54, 1.807) is 29.3 Å². The summed E-state index contributed by atoms with van der Waals surface area (Å²) in [6.07, 6.45) is 1.71. The first-order chi connectivity index (χ1) is 14.7. The molecule has 2 aromatic carbocycles. The van der Waals surface area contributed by atoms with Crippen molar-refractivity contribution in [3.63, 3.8) is 0 Å². The monoisotopic (exact) mass is 421 g/mol. The molecule has 160 valence electrons. The summed E-state index contributed by atoms with van der Waals surface area (Å²) in [5.74, 6) is -0.323. The minimum absolute atomic E-state index is 0.150. The molecule has 1 aliphatic heterocycles. The van der Waals surface area contributed by atoms with Crippen molar-refractivity contribution in [3.05, 3.63) is 54.0 Å². The van der Waals surface area contributed by atoms with Gasteiger partial charge in [0.05, 0.1) is 17.6 Å². The number of benzene rings is 2. The molecule has 0 bridgehead atoms. The maximum absolute atomic E-state index is 14.8. The molecule has 1 saturated heterocycles. The summed E-state index contributed by atoms with van der Waals surface area (Å²) in [4.78, 5) is 16.9. The number of fused-ring (bicyclic) bond motifs is 1. The molecule has 31 heavy (non-hydrogen) atoms. The number of halogens is 1. The van der Waals surface area contributed by atoms with Crippen molar-refractivity contribution < 1.29 is 18.7 Å². The average molecular weight is 421 g/mol. The molecule has 1 N–H and O–H groups in total. The van der Waals surface area contributed by atoms with E-state index in [0.29, 0.717) is 30.6 Å². The Morgan fingerprint density at radius 1 is 1.29 bits per heavy atom. The van der Waals surface area contributed by atoms with E-state index in [2.05, 4.69) is 11.1 Å². The van der Waals surface area contributed by atoms with Gasteiger partial charge in [0.15, 0.2) is 11.6 Å². The number of amides is 1. The van der Waals surface area contributed by atoms with Crippen molar-refractivity contribution in [2.45, 2.75) is 38.9 Å². The summed E-state index contributed by atoms with van der Waals surface area (Å²) in [5, 5.41) is 10.1. The van der Waals surface area contributed by atoms with Crippen LogP contribution in [0.1, 0.15) is 32.8 Å². The largest absolute Gasteiger partial charge is 0.485 e. The van der Waals surface area contributed by atoms with Crippen LogP contribution < -0.4 is 4.74 Å². The number of hydrogen-bond acceptors (Lipinski definition) is 4. The number of para-hydroxylation sites is 1. The Bertz CT molecular complexity index is 1170. The van der Waals surface area contributed by atoms with Gasteiger partial charge in [0.25, 0.3) is 0 Å². The van der Waals surface area contributed by atoms with Crippen molar-refractivity contribution in [2.75, 3.05) is 13.1 Å². The fourth-order valence-electron chi connectivity index (χ4n) is 3.75. The number of carbonyl (C=O) groups excluding carboxylic acids is 1. The summed E-state index contributed by atoms with van der Waals surface area (Å²) in [5.41, 5.74) is 2.21. The molecule has 0 saturated carbocycles. The van der Waals surface area contributed by atoms with Gasteiger partial charge >= 0.3 is 6.09 Å². The fourth-order valence-corrected chi connectivity index (χ4v) is 3.75. The Kier molecular flexibility index (Phi) is 5.32. The van der Waals surface area contributed by atoms with Gasteiger partial charge in [0.2, 0.25) is 0 Å². The number of likely N-dealkylation sites (tertiary alicyclic amines) is 1. The van der Waals surface area contributed by atoms with Crippen molar-refractivity contribution in [1.82, 2.24) is 9.88 Å². The van der Waals surface area contributed by atoms with Crippen molar-refractivity contribution in [2.24, 2.45) is 0 Å². The summed E-state index contributed by atoms with van der Waals surface area (Å²) in [6.45, 7) is 6.33. The summed E-state index contributed by atoms with van der Waals surface area (Å²) >= 11 is 0. The number of nitrogens with zero attached hydrogens (tertiary/aromatic N) is 2. The predicted octanol–water partition coefficient (Wildman–Crippen LogP) is 5.23. The Hall–Kier alpha value is -3.53. The van der Waals surface area contributed by atoms with Gasteiger partial charge in [-0.2, -0.15) is 5.26 Å². The van der Waals surface area contributed by atoms with Gasteiger partial charge < -0.3 is 19.4 Å². The van der Waals surface area contributed by atoms with E-state index in [1.807, 2.05) is 32.9 Å². The van der Waals surface area contributed by atoms with E-state index in [-0.39, 0.29) is 17.9 Å². The fraction of sp³-hybridized carbons (Fsp3) is 0.333. The number of rotatable bonds is 3. The lowest BCUT2D eigenvalue weighted by molar-refractivity contribution is 0.0275.